The van der Waals surface area contributed by atoms with E-state index in [4.69, 9.17) is 24.0 Å². The van der Waals surface area contributed by atoms with Gasteiger partial charge in [-0.3, -0.25) is 4.79 Å². The SMILES string of the molecule is C[C@H]1[C@H](OC(=O)CCCCC[P+](c2ccccc2)(c2ccccc2)c2ccccc2)O[C@@H]2O[C@@]3(C)CC[C@H]4[C@H](C)CC[C@@H]1[C@@]24OO3.[Br-]. The van der Waals surface area contributed by atoms with Crippen LogP contribution in [0.15, 0.2) is 91.0 Å². The molecule has 1 saturated carbocycles. The maximum absolute atomic E-state index is 13.3. The van der Waals surface area contributed by atoms with E-state index in [1.54, 1.807) is 0 Å². The van der Waals surface area contributed by atoms with E-state index in [-0.39, 0.29) is 40.7 Å². The highest BCUT2D eigenvalue weighted by Crippen LogP contribution is 2.61. The van der Waals surface area contributed by atoms with Crippen LogP contribution >= 0.6 is 7.26 Å². The van der Waals surface area contributed by atoms with E-state index >= 15 is 0 Å². The quantitative estimate of drug-likeness (QED) is 0.135. The fourth-order valence-corrected chi connectivity index (χ4v) is 13.3. The molecule has 0 aromatic heterocycles. The monoisotopic (exact) mass is 722 g/mol. The van der Waals surface area contributed by atoms with Crippen molar-refractivity contribution < 1.29 is 45.8 Å². The average molecular weight is 724 g/mol. The molecule has 0 amide bonds. The van der Waals surface area contributed by atoms with Crippen molar-refractivity contribution in [3.8, 4) is 0 Å². The number of halogens is 1. The highest BCUT2D eigenvalue weighted by Gasteiger charge is 2.69. The van der Waals surface area contributed by atoms with Gasteiger partial charge in [-0.05, 0) is 93.7 Å². The Hall–Kier alpha value is -2.12. The summed E-state index contributed by atoms with van der Waals surface area (Å²) in [5, 5.41) is 4.18. The molecule has 4 heterocycles. The van der Waals surface area contributed by atoms with Crippen LogP contribution < -0.4 is 32.9 Å². The fourth-order valence-electron chi connectivity index (χ4n) is 8.87. The molecule has 8 rings (SSSR count). The summed E-state index contributed by atoms with van der Waals surface area (Å²) in [6, 6.07) is 32.9. The smallest absolute Gasteiger partial charge is 0.308 e. The second-order valence-corrected chi connectivity index (χ2v) is 17.7. The Morgan fingerprint density at radius 2 is 1.38 bits per heavy atom. The van der Waals surface area contributed by atoms with Gasteiger partial charge in [0.05, 0.1) is 6.16 Å². The lowest BCUT2D eigenvalue weighted by Gasteiger charge is -2.59. The molecule has 5 aliphatic rings. The average Bonchev–Trinajstić information content (AvgIpc) is 3.32. The number of unbranched alkanes of at least 4 members (excludes halogenated alkanes) is 2. The van der Waals surface area contributed by atoms with Gasteiger partial charge in [-0.2, -0.15) is 0 Å². The largest absolute Gasteiger partial charge is 1.00 e. The van der Waals surface area contributed by atoms with Crippen LogP contribution in [0, 0.1) is 23.7 Å². The molecular formula is C39H48BrO6P. The molecule has 8 heteroatoms. The molecule has 3 aromatic carbocycles. The summed E-state index contributed by atoms with van der Waals surface area (Å²) in [7, 11) is -1.87. The summed E-state index contributed by atoms with van der Waals surface area (Å²) in [4.78, 5) is 25.4. The van der Waals surface area contributed by atoms with Crippen molar-refractivity contribution >= 4 is 29.1 Å². The number of ether oxygens (including phenoxy) is 3. The third-order valence-electron chi connectivity index (χ3n) is 11.3. The molecule has 3 aromatic rings. The molecule has 4 aliphatic heterocycles. The molecule has 6 nitrogen and oxygen atoms in total. The summed E-state index contributed by atoms with van der Waals surface area (Å²) in [5.41, 5.74) is -0.651. The maximum atomic E-state index is 13.3. The molecule has 5 fully saturated rings. The third-order valence-corrected chi connectivity index (χ3v) is 15.8. The van der Waals surface area contributed by atoms with E-state index in [1.165, 1.54) is 15.9 Å². The lowest BCUT2D eigenvalue weighted by atomic mass is 9.58. The van der Waals surface area contributed by atoms with Crippen LogP contribution in [0.2, 0.25) is 0 Å². The van der Waals surface area contributed by atoms with Crippen molar-refractivity contribution in [1.82, 2.24) is 0 Å². The molecule has 0 N–H and O–H groups in total. The Morgan fingerprint density at radius 1 is 0.787 bits per heavy atom. The Balaban J connectivity index is 0.00000386. The van der Waals surface area contributed by atoms with Gasteiger partial charge >= 0.3 is 5.97 Å². The molecule has 1 aliphatic carbocycles. The molecule has 1 spiro atoms. The van der Waals surface area contributed by atoms with Crippen molar-refractivity contribution in [3.05, 3.63) is 91.0 Å². The predicted molar refractivity (Wildman–Crippen MR) is 181 cm³/mol. The maximum Gasteiger partial charge on any atom is 0.308 e. The standard InChI is InChI=1S/C39H48O6P.BrH/c1-28-23-24-34-29(2)36(42-37-39(34)33(28)25-26-38(3,43-37)44-45-39)41-35(40)22-14-7-15-27-46(30-16-8-4-9-17-30,31-18-10-5-11-19-31)32-20-12-6-13-21-32;/h4-6,8-13,16-21,28-29,33-34,36-37H,7,14-15,22-27H2,1-3H3;1H/q+1;/p-1/t28-,29-,33+,34+,36-,37-,38-,39-;/m1./s1. The van der Waals surface area contributed by atoms with E-state index in [1.807, 2.05) is 6.92 Å². The van der Waals surface area contributed by atoms with Crippen molar-refractivity contribution in [2.75, 3.05) is 6.16 Å². The zero-order valence-corrected chi connectivity index (χ0v) is 30.2. The first kappa shape index (κ1) is 34.7. The summed E-state index contributed by atoms with van der Waals surface area (Å²) < 4.78 is 19.0. The zero-order chi connectivity index (χ0) is 31.8. The number of hydrogen-bond acceptors (Lipinski definition) is 6. The third kappa shape index (κ3) is 6.37. The Morgan fingerprint density at radius 3 is 1.98 bits per heavy atom. The molecule has 0 radical (unpaired) electrons. The van der Waals surface area contributed by atoms with E-state index in [9.17, 15) is 4.79 Å². The fraction of sp³-hybridized carbons (Fsp3) is 0.513. The summed E-state index contributed by atoms with van der Waals surface area (Å²) in [5.74, 6) is -0.141. The normalized spacial score (nSPS) is 32.8. The number of benzene rings is 3. The van der Waals surface area contributed by atoms with Crippen LogP contribution in [-0.4, -0.2) is 36.1 Å². The van der Waals surface area contributed by atoms with Gasteiger partial charge in [0, 0.05) is 24.7 Å². The van der Waals surface area contributed by atoms with Gasteiger partial charge in [-0.25, -0.2) is 9.78 Å². The molecule has 2 bridgehead atoms. The van der Waals surface area contributed by atoms with E-state index in [0.717, 1.165) is 51.1 Å². The summed E-state index contributed by atoms with van der Waals surface area (Å²) in [6.45, 7) is 6.35. The first-order valence-electron chi connectivity index (χ1n) is 17.3. The lowest BCUT2D eigenvalue weighted by Crippen LogP contribution is -3.00. The van der Waals surface area contributed by atoms with Gasteiger partial charge in [-0.1, -0.05) is 68.4 Å². The Kier molecular flexibility index (Phi) is 10.6. The van der Waals surface area contributed by atoms with Crippen molar-refractivity contribution in [2.45, 2.75) is 96.1 Å². The summed E-state index contributed by atoms with van der Waals surface area (Å²) >= 11 is 0. The Bertz CT molecular complexity index is 1380. The number of rotatable bonds is 10. The molecule has 8 atom stereocenters. The summed E-state index contributed by atoms with van der Waals surface area (Å²) in [6.07, 6.45) is 6.75. The van der Waals surface area contributed by atoms with Crippen LogP contribution in [0.5, 0.6) is 0 Å². The zero-order valence-electron chi connectivity index (χ0n) is 27.8. The first-order valence-corrected chi connectivity index (χ1v) is 19.3. The van der Waals surface area contributed by atoms with Crippen molar-refractivity contribution in [3.63, 3.8) is 0 Å². The van der Waals surface area contributed by atoms with Crippen molar-refractivity contribution in [2.24, 2.45) is 23.7 Å². The van der Waals surface area contributed by atoms with Gasteiger partial charge in [0.15, 0.2) is 11.9 Å². The number of fused-ring (bicyclic) bond motifs is 2. The van der Waals surface area contributed by atoms with E-state index < -0.39 is 31.2 Å². The van der Waals surface area contributed by atoms with Crippen LogP contribution in [-0.2, 0) is 28.8 Å². The predicted octanol–water partition coefficient (Wildman–Crippen LogP) is 4.30. The Labute approximate surface area is 290 Å². The van der Waals surface area contributed by atoms with Gasteiger partial charge in [-0.15, -0.1) is 0 Å². The van der Waals surface area contributed by atoms with Gasteiger partial charge in [0.2, 0.25) is 12.1 Å². The van der Waals surface area contributed by atoms with E-state index in [2.05, 4.69) is 105 Å². The second-order valence-electron chi connectivity index (χ2n) is 14.1. The molecule has 0 unspecified atom stereocenters. The van der Waals surface area contributed by atoms with Crippen LogP contribution in [0.25, 0.3) is 0 Å². The van der Waals surface area contributed by atoms with Gasteiger partial charge in [0.1, 0.15) is 23.2 Å². The van der Waals surface area contributed by atoms with Gasteiger partial charge < -0.3 is 31.2 Å². The number of esters is 1. The number of hydrogen-bond donors (Lipinski definition) is 0. The molecule has 47 heavy (non-hydrogen) atoms. The minimum Gasteiger partial charge on any atom is -1.00 e. The number of carbonyl (C=O) groups is 1. The highest BCUT2D eigenvalue weighted by molar-refractivity contribution is 7.95. The first-order chi connectivity index (χ1) is 22.4. The molecule has 252 valence electrons. The molecular weight excluding hydrogens is 675 g/mol. The second kappa shape index (κ2) is 14.4. The van der Waals surface area contributed by atoms with Crippen molar-refractivity contribution in [1.29, 1.82) is 0 Å². The molecule has 4 saturated heterocycles. The number of carbonyl (C=O) groups excluding carboxylic acids is 1. The van der Waals surface area contributed by atoms with Crippen LogP contribution in [0.1, 0.15) is 72.1 Å². The van der Waals surface area contributed by atoms with E-state index in [0.29, 0.717) is 12.3 Å². The minimum absolute atomic E-state index is 0. The van der Waals surface area contributed by atoms with Crippen LogP contribution in [0.3, 0.4) is 0 Å². The minimum atomic E-state index is -1.87. The highest BCUT2D eigenvalue weighted by atomic mass is 79.9. The lowest BCUT2D eigenvalue weighted by molar-refractivity contribution is -0.576. The van der Waals surface area contributed by atoms with Gasteiger partial charge in [0.25, 0.3) is 0 Å². The van der Waals surface area contributed by atoms with Crippen LogP contribution in [0.4, 0.5) is 0 Å². The topological polar surface area (TPSA) is 63.2 Å².